The third kappa shape index (κ3) is 13.1. The van der Waals surface area contributed by atoms with Crippen molar-refractivity contribution in [2.45, 2.75) is 102 Å². The van der Waals surface area contributed by atoms with Gasteiger partial charge in [0.15, 0.2) is 17.4 Å². The van der Waals surface area contributed by atoms with Crippen molar-refractivity contribution in [1.82, 2.24) is 15.5 Å². The van der Waals surface area contributed by atoms with Crippen molar-refractivity contribution in [2.75, 3.05) is 51.3 Å². The van der Waals surface area contributed by atoms with E-state index < -0.39 is 125 Å². The number of likely N-dealkylation sites (N-methyl/N-ethyl adjacent to an activating group) is 1. The van der Waals surface area contributed by atoms with Gasteiger partial charge in [-0.3, -0.25) is 24.5 Å². The minimum atomic E-state index is -1.90. The summed E-state index contributed by atoms with van der Waals surface area (Å²) in [6.07, 6.45) is -0.660. The van der Waals surface area contributed by atoms with E-state index in [4.69, 9.17) is 35.3 Å². The molecule has 3 heterocycles. The number of halogens is 5. The highest BCUT2D eigenvalue weighted by atomic mass is 35.5. The summed E-state index contributed by atoms with van der Waals surface area (Å²) in [4.78, 5) is 81.2. The summed E-state index contributed by atoms with van der Waals surface area (Å²) < 4.78 is 88.0. The van der Waals surface area contributed by atoms with Crippen molar-refractivity contribution in [3.8, 4) is 11.5 Å². The lowest BCUT2D eigenvalue weighted by molar-refractivity contribution is -0.162. The van der Waals surface area contributed by atoms with Crippen LogP contribution in [0.25, 0.3) is 0 Å². The Balaban J connectivity index is 1.25. The van der Waals surface area contributed by atoms with Crippen molar-refractivity contribution in [1.29, 1.82) is 0 Å². The highest BCUT2D eigenvalue weighted by Gasteiger charge is 2.64. The molecule has 0 unspecified atom stereocenters. The van der Waals surface area contributed by atoms with Crippen LogP contribution in [0.2, 0.25) is 5.02 Å². The lowest BCUT2D eigenvalue weighted by atomic mass is 9.83. The number of methoxy groups -OCH3 is 2. The molecule has 17 nitrogen and oxygen atoms in total. The normalized spacial score (nSPS) is 26.5. The molecule has 0 saturated carbocycles. The number of thioether (sulfide) groups is 1. The molecule has 23 heteroatoms. The number of allylic oxidation sites excluding steroid dienone is 3. The van der Waals surface area contributed by atoms with E-state index in [1.54, 1.807) is 38.1 Å². The topological polar surface area (TPSA) is 212 Å². The van der Waals surface area contributed by atoms with Crippen LogP contribution in [0.5, 0.6) is 11.5 Å². The predicted molar refractivity (Wildman–Crippen MR) is 242 cm³/mol. The number of hydrogen-bond donors (Lipinski definition) is 3. The van der Waals surface area contributed by atoms with Crippen LogP contribution in [-0.2, 0) is 49.3 Å². The maximum absolute atomic E-state index is 14.3. The van der Waals surface area contributed by atoms with E-state index in [1.807, 2.05) is 13.0 Å². The number of amides is 4. The molecule has 4 bridgehead atoms. The Bertz CT molecular complexity index is 2350. The molecule has 2 saturated heterocycles. The molecule has 0 radical (unpaired) electrons. The molecular formula is C46H55ClF4N4O13S. The minimum absolute atomic E-state index is 0.0422. The van der Waals surface area contributed by atoms with Gasteiger partial charge >= 0.3 is 18.0 Å². The smallest absolute Gasteiger partial charge is 0.409 e. The Morgan fingerprint density at radius 1 is 1.10 bits per heavy atom. The van der Waals surface area contributed by atoms with Crippen LogP contribution in [0, 0.1) is 29.2 Å². The molecule has 5 rings (SSSR count). The zero-order valence-electron chi connectivity index (χ0n) is 39.1. The second kappa shape index (κ2) is 23.0. The molecule has 2 aromatic carbocycles. The Kier molecular flexibility index (Phi) is 18.2. The number of ether oxygens (including phenoxy) is 6. The summed E-state index contributed by atoms with van der Waals surface area (Å²) in [6, 6.07) is 2.24. The van der Waals surface area contributed by atoms with Gasteiger partial charge in [-0.25, -0.2) is 18.4 Å². The fourth-order valence-corrected chi connectivity index (χ4v) is 8.94. The maximum Gasteiger partial charge on any atom is 0.409 e. The molecule has 3 N–H and O–H groups in total. The van der Waals surface area contributed by atoms with Gasteiger partial charge in [0.1, 0.15) is 40.7 Å². The van der Waals surface area contributed by atoms with Crippen LogP contribution in [-0.4, -0.2) is 134 Å². The fraction of sp³-hybridized carbons (Fsp3) is 0.522. The number of hydrogen-bond acceptors (Lipinski definition) is 14. The minimum Gasteiger partial charge on any atom is -0.495 e. The number of nitrogens with zero attached hydrogens (tertiary/aromatic N) is 2. The van der Waals surface area contributed by atoms with Gasteiger partial charge < -0.3 is 48.6 Å². The number of alkyl carbamates (subject to hydrolysis) is 1. The SMILES string of the molecule is COc1cc2cc(c1Cl)N(C)C(=O)C[C@H](OC(=O)[C@H](C)N(C)C(=O)CCSCC(=O)NCCC(=O)Oc1c(F)c(F)cc(F)c1F)[C@]1(C)O[C@H]1[C@H](C)[C@@H]1C[C@@](O)(NC(=O)O1)[C@H](OC)/C=C/C=C(\C)C2. The standard InChI is InChI=1S/C46H55ClF4N4O13S/c1-23-10-9-11-32(64-8)46(62)21-31(65-44(61)53-46)24(2)42-45(4,68-42)33(20-36(58)55(6)29-17-26(16-23)18-30(63-7)38(29)47)66-43(60)25(3)54(5)35(57)13-15-69-22-34(56)52-14-12-37(59)67-41-39(50)27(48)19-28(49)40(41)51/h9-11,17-19,24-25,31-33,42,62H,12-16,20-22H2,1-8H3,(H,52,56)(H,53,61)/b11-9+,23-10+/t24-,25+,31+,32-,33+,42+,45+,46+/m1/s1. The zero-order valence-corrected chi connectivity index (χ0v) is 40.7. The van der Waals surface area contributed by atoms with Crippen LogP contribution in [0.4, 0.5) is 28.0 Å². The molecule has 378 valence electrons. The Morgan fingerprint density at radius 2 is 1.78 bits per heavy atom. The monoisotopic (exact) mass is 1010 g/mol. The van der Waals surface area contributed by atoms with Gasteiger partial charge in [0, 0.05) is 58.3 Å². The van der Waals surface area contributed by atoms with E-state index >= 15 is 0 Å². The maximum atomic E-state index is 14.3. The van der Waals surface area contributed by atoms with E-state index in [0.717, 1.165) is 27.8 Å². The van der Waals surface area contributed by atoms with Gasteiger partial charge in [0.05, 0.1) is 37.5 Å². The number of nitrogens with one attached hydrogen (secondary N) is 2. The first-order valence-corrected chi connectivity index (χ1v) is 23.2. The highest BCUT2D eigenvalue weighted by molar-refractivity contribution is 7.99. The first-order chi connectivity index (χ1) is 32.4. The average molecular weight is 1020 g/mol. The third-order valence-corrected chi connectivity index (χ3v) is 13.5. The molecular weight excluding hydrogens is 960 g/mol. The molecule has 3 aliphatic heterocycles. The summed E-state index contributed by atoms with van der Waals surface area (Å²) in [7, 11) is 5.71. The van der Waals surface area contributed by atoms with Crippen LogP contribution in [0.1, 0.15) is 58.9 Å². The van der Waals surface area contributed by atoms with Gasteiger partial charge in [-0.1, -0.05) is 42.3 Å². The van der Waals surface area contributed by atoms with E-state index in [1.165, 1.54) is 40.1 Å². The van der Waals surface area contributed by atoms with Crippen molar-refractivity contribution < 1.29 is 79.9 Å². The summed E-state index contributed by atoms with van der Waals surface area (Å²) in [5, 5.41) is 16.8. The van der Waals surface area contributed by atoms with Crippen molar-refractivity contribution in [2.24, 2.45) is 5.92 Å². The number of rotatable bonds is 14. The van der Waals surface area contributed by atoms with Crippen molar-refractivity contribution >= 4 is 64.8 Å². The molecule has 2 fully saturated rings. The molecule has 69 heavy (non-hydrogen) atoms. The summed E-state index contributed by atoms with van der Waals surface area (Å²) in [6.45, 7) is 6.33. The molecule has 3 aliphatic rings. The van der Waals surface area contributed by atoms with Crippen molar-refractivity contribution in [3.63, 3.8) is 0 Å². The van der Waals surface area contributed by atoms with Crippen LogP contribution < -0.4 is 25.0 Å². The molecule has 4 amide bonds. The number of anilines is 1. The first kappa shape index (κ1) is 54.5. The van der Waals surface area contributed by atoms with Crippen LogP contribution in [0.3, 0.4) is 0 Å². The van der Waals surface area contributed by atoms with Crippen LogP contribution in [0.15, 0.2) is 42.0 Å². The number of benzene rings is 2. The molecule has 8 atom stereocenters. The average Bonchev–Trinajstić information content (AvgIpc) is 4.00. The van der Waals surface area contributed by atoms with Gasteiger partial charge in [-0.2, -0.15) is 20.5 Å². The fourth-order valence-electron chi connectivity index (χ4n) is 7.88. The number of esters is 2. The third-order valence-electron chi connectivity index (χ3n) is 12.2. The van der Waals surface area contributed by atoms with Gasteiger partial charge in [0.25, 0.3) is 0 Å². The number of aliphatic hydroxyl groups is 1. The Labute approximate surface area is 405 Å². The first-order valence-electron chi connectivity index (χ1n) is 21.7. The number of carbonyl (C=O) groups is 6. The second-order valence-electron chi connectivity index (χ2n) is 17.1. The zero-order chi connectivity index (χ0) is 51.1. The summed E-state index contributed by atoms with van der Waals surface area (Å²) >= 11 is 7.81. The molecule has 0 spiro atoms. The number of fused-ring (bicyclic) bond motifs is 5. The van der Waals surface area contributed by atoms with Crippen molar-refractivity contribution in [3.05, 3.63) is 75.9 Å². The summed E-state index contributed by atoms with van der Waals surface area (Å²) in [5.74, 6) is -13.0. The van der Waals surface area contributed by atoms with Gasteiger partial charge in [0.2, 0.25) is 35.1 Å². The van der Waals surface area contributed by atoms with E-state index in [-0.39, 0.29) is 42.0 Å². The second-order valence-corrected chi connectivity index (χ2v) is 18.6. The van der Waals surface area contributed by atoms with E-state index in [2.05, 4.69) is 15.4 Å². The highest BCUT2D eigenvalue weighted by Crippen LogP contribution is 2.49. The molecule has 0 aromatic heterocycles. The lowest BCUT2D eigenvalue weighted by Gasteiger charge is -2.42. The Hall–Kier alpha value is -5.42. The van der Waals surface area contributed by atoms with Gasteiger partial charge in [-0.15, -0.1) is 0 Å². The van der Waals surface area contributed by atoms with Gasteiger partial charge in [-0.05, 0) is 44.9 Å². The number of carbonyl (C=O) groups excluding carboxylic acids is 6. The molecule has 2 aromatic rings. The van der Waals surface area contributed by atoms with Crippen LogP contribution >= 0.6 is 23.4 Å². The quantitative estimate of drug-likeness (QED) is 0.0548. The summed E-state index contributed by atoms with van der Waals surface area (Å²) in [5.41, 5.74) is -1.32. The lowest BCUT2D eigenvalue weighted by Crippen LogP contribution is -2.63. The Morgan fingerprint density at radius 3 is 2.43 bits per heavy atom. The predicted octanol–water partition coefficient (Wildman–Crippen LogP) is 5.31. The number of epoxide rings is 1. The molecule has 0 aliphatic carbocycles. The van der Waals surface area contributed by atoms with E-state index in [0.29, 0.717) is 17.9 Å². The van der Waals surface area contributed by atoms with E-state index in [9.17, 15) is 51.4 Å². The largest absolute Gasteiger partial charge is 0.495 e.